The minimum absolute atomic E-state index is 0.0807. The molecule has 3 heterocycles. The number of anilines is 2. The van der Waals surface area contributed by atoms with Gasteiger partial charge in [0.05, 0.1) is 43.2 Å². The van der Waals surface area contributed by atoms with Gasteiger partial charge in [0.1, 0.15) is 18.0 Å². The molecule has 0 saturated carbocycles. The normalized spacial score (nSPS) is 16.6. The molecule has 9 rings (SSSR count). The van der Waals surface area contributed by atoms with Crippen molar-refractivity contribution >= 4 is 86.1 Å². The number of carboxylic acid groups (broad SMARTS) is 1. The predicted octanol–water partition coefficient (Wildman–Crippen LogP) is 5.76. The van der Waals surface area contributed by atoms with Gasteiger partial charge in [-0.05, 0) is 102 Å². The van der Waals surface area contributed by atoms with Crippen LogP contribution in [0.25, 0.3) is 38.4 Å². The van der Waals surface area contributed by atoms with Crippen LogP contribution in [-0.2, 0) is 41.2 Å². The fourth-order valence-electron chi connectivity index (χ4n) is 9.40. The second kappa shape index (κ2) is 13.0. The van der Waals surface area contributed by atoms with E-state index in [9.17, 15) is 48.8 Å². The molecule has 3 aliphatic rings. The van der Waals surface area contributed by atoms with E-state index in [0.717, 1.165) is 27.6 Å². The zero-order chi connectivity index (χ0) is 43.1. The van der Waals surface area contributed by atoms with Crippen LogP contribution in [0.1, 0.15) is 61.2 Å². The van der Waals surface area contributed by atoms with Gasteiger partial charge in [-0.1, -0.05) is 26.0 Å². The maximum absolute atomic E-state index is 12.5. The third kappa shape index (κ3) is 6.42. The first kappa shape index (κ1) is 40.0. The smallest absolute Gasteiger partial charge is 0.335 e. The minimum atomic E-state index is -4.64. The number of hydrogen-bond acceptors (Lipinski definition) is 9. The molecule has 0 spiro atoms. The summed E-state index contributed by atoms with van der Waals surface area (Å²) in [6, 6.07) is 19.0. The molecule has 14 nitrogen and oxygen atoms in total. The molecule has 0 unspecified atom stereocenters. The maximum Gasteiger partial charge on any atom is 0.335 e. The van der Waals surface area contributed by atoms with Gasteiger partial charge in [-0.15, -0.1) is 0 Å². The fourth-order valence-corrected chi connectivity index (χ4v) is 10.9. The minimum Gasteiger partial charge on any atom is -0.478 e. The summed E-state index contributed by atoms with van der Waals surface area (Å²) in [5.74, 6) is -0.468. The highest BCUT2D eigenvalue weighted by Gasteiger charge is 2.46. The largest absolute Gasteiger partial charge is 0.478 e. The molecule has 0 bridgehead atoms. The summed E-state index contributed by atoms with van der Waals surface area (Å²) in [5, 5.41) is 14.7. The van der Waals surface area contributed by atoms with Crippen LogP contribution in [0.15, 0.2) is 82.6 Å². The van der Waals surface area contributed by atoms with E-state index in [0.29, 0.717) is 68.0 Å². The van der Waals surface area contributed by atoms with Crippen molar-refractivity contribution < 1.29 is 53.5 Å². The zero-order valence-corrected chi connectivity index (χ0v) is 35.2. The summed E-state index contributed by atoms with van der Waals surface area (Å²) in [4.78, 5) is 13.3. The van der Waals surface area contributed by atoms with E-state index < -0.39 is 52.9 Å². The third-order valence-electron chi connectivity index (χ3n) is 11.9. The lowest BCUT2D eigenvalue weighted by Crippen LogP contribution is -2.31. The van der Waals surface area contributed by atoms with E-state index in [4.69, 9.17) is 4.74 Å². The fraction of sp³-hybridized carbons (Fsp3) is 0.256. The topological polar surface area (TPSA) is 216 Å². The lowest BCUT2D eigenvalue weighted by Gasteiger charge is -2.28. The van der Waals surface area contributed by atoms with Crippen LogP contribution in [-0.4, -0.2) is 75.4 Å². The van der Waals surface area contributed by atoms with E-state index in [1.807, 2.05) is 36.6 Å². The van der Waals surface area contributed by atoms with Gasteiger partial charge in [0.15, 0.2) is 6.54 Å². The van der Waals surface area contributed by atoms with Gasteiger partial charge in [-0.2, -0.15) is 25.3 Å². The second-order valence-corrected chi connectivity index (χ2v) is 21.4. The molecule has 17 heteroatoms. The summed E-state index contributed by atoms with van der Waals surface area (Å²) >= 11 is 0. The van der Waals surface area contributed by atoms with Crippen LogP contribution in [0, 0.1) is 0 Å². The van der Waals surface area contributed by atoms with Gasteiger partial charge >= 0.3 is 5.97 Å². The van der Waals surface area contributed by atoms with Crippen molar-refractivity contribution in [1.29, 1.82) is 0 Å². The van der Waals surface area contributed by atoms with E-state index in [1.165, 1.54) is 36.4 Å². The number of fused-ring (bicyclic) bond motifs is 13. The monoisotopic (exact) mass is 871 g/mol. The summed E-state index contributed by atoms with van der Waals surface area (Å²) in [6.45, 7) is 9.21. The van der Waals surface area contributed by atoms with Crippen LogP contribution in [0.3, 0.4) is 0 Å². The first-order chi connectivity index (χ1) is 27.9. The number of carbonyl (C=O) groups is 1. The van der Waals surface area contributed by atoms with E-state index in [-0.39, 0.29) is 28.3 Å². The van der Waals surface area contributed by atoms with E-state index in [1.54, 1.807) is 24.3 Å². The molecular weight excluding hydrogens is 833 g/mol. The molecule has 310 valence electrons. The number of hydrogen-bond donors (Lipinski definition) is 4. The number of benzene rings is 6. The quantitative estimate of drug-likeness (QED) is 0.0813. The van der Waals surface area contributed by atoms with Gasteiger partial charge < -0.3 is 14.7 Å². The Morgan fingerprint density at radius 1 is 0.733 bits per heavy atom. The SMILES string of the molecule is CC1(C)CN(c2ccc(C(=O)O)cc2)c2c1c1c(c3cc4ccc(S(=O)(=O)O)cc4cc23)C=c2c(c3c(c4cc(S(=O)(=O)O)ccc24)=[N+](CCCS(=O)(=O)O)CC3(C)C)O1. The van der Waals surface area contributed by atoms with Crippen molar-refractivity contribution in [2.75, 3.05) is 30.3 Å². The Balaban J connectivity index is 1.42. The average molecular weight is 872 g/mol. The molecule has 0 radical (unpaired) electrons. The molecule has 60 heavy (non-hydrogen) atoms. The van der Waals surface area contributed by atoms with Gasteiger partial charge in [0.25, 0.3) is 30.4 Å². The van der Waals surface area contributed by atoms with Crippen molar-refractivity contribution in [3.05, 3.63) is 106 Å². The Labute approximate surface area is 344 Å². The molecule has 0 aliphatic carbocycles. The molecule has 0 amide bonds. The maximum atomic E-state index is 12.5. The third-order valence-corrected chi connectivity index (χ3v) is 14.4. The first-order valence-corrected chi connectivity index (χ1v) is 23.4. The zero-order valence-electron chi connectivity index (χ0n) is 32.7. The number of nitrogens with zero attached hydrogens (tertiary/aromatic N) is 2. The van der Waals surface area contributed by atoms with E-state index >= 15 is 0 Å². The molecule has 4 N–H and O–H groups in total. The molecule has 3 aliphatic heterocycles. The van der Waals surface area contributed by atoms with Crippen molar-refractivity contribution in [2.45, 2.75) is 54.7 Å². The molecule has 0 fully saturated rings. The highest BCUT2D eigenvalue weighted by molar-refractivity contribution is 7.86. The Hall–Kier alpha value is -5.43. The molecule has 0 atom stereocenters. The Morgan fingerprint density at radius 3 is 2.03 bits per heavy atom. The summed E-state index contributed by atoms with van der Waals surface area (Å²) in [7, 11) is -13.4. The second-order valence-electron chi connectivity index (χ2n) is 17.0. The summed E-state index contributed by atoms with van der Waals surface area (Å²) in [5.41, 5.74) is 2.62. The van der Waals surface area contributed by atoms with Crippen molar-refractivity contribution in [3.8, 4) is 11.5 Å². The lowest BCUT2D eigenvalue weighted by atomic mass is 9.80. The van der Waals surface area contributed by atoms with Crippen LogP contribution in [0.5, 0.6) is 11.5 Å². The highest BCUT2D eigenvalue weighted by atomic mass is 32.2. The molecule has 6 aromatic carbocycles. The van der Waals surface area contributed by atoms with Crippen LogP contribution < -0.4 is 24.8 Å². The Morgan fingerprint density at radius 2 is 1.38 bits per heavy atom. The lowest BCUT2D eigenvalue weighted by molar-refractivity contribution is 0.0696. The van der Waals surface area contributed by atoms with Crippen LogP contribution in [0.2, 0.25) is 0 Å². The first-order valence-electron chi connectivity index (χ1n) is 18.9. The molecule has 0 saturated heterocycles. The number of rotatable bonds is 8. The summed E-state index contributed by atoms with van der Waals surface area (Å²) < 4.78 is 112. The Bertz CT molecular complexity index is 3440. The molecule has 0 aromatic heterocycles. The molecule has 6 aromatic rings. The van der Waals surface area contributed by atoms with Crippen LogP contribution >= 0.6 is 0 Å². The number of aromatic carboxylic acids is 1. The number of ether oxygens (including phenoxy) is 1. The predicted molar refractivity (Wildman–Crippen MR) is 226 cm³/mol. The van der Waals surface area contributed by atoms with Crippen molar-refractivity contribution in [1.82, 2.24) is 4.58 Å². The van der Waals surface area contributed by atoms with Crippen LogP contribution in [0.4, 0.5) is 11.4 Å². The van der Waals surface area contributed by atoms with Crippen molar-refractivity contribution in [3.63, 3.8) is 0 Å². The van der Waals surface area contributed by atoms with Gasteiger partial charge in [-0.3, -0.25) is 13.7 Å². The number of carboxylic acids is 1. The highest BCUT2D eigenvalue weighted by Crippen LogP contribution is 2.56. The summed E-state index contributed by atoms with van der Waals surface area (Å²) in [6.07, 6.45) is 2.08. The molecular formula is C43H39N2O12S3+. The van der Waals surface area contributed by atoms with Gasteiger partial charge in [0.2, 0.25) is 5.36 Å². The standard InChI is InChI=1S/C43H38N2O12S3/c1-42(2)21-44(14-5-15-58(48,49)50)37-32-19-28(60(54,55)56)12-13-29(32)33-20-34-30-17-24-8-11-27(59(51,52)53)16-25(24)18-31(30)38-36(40(34)57-39(33)35(37)42)43(3,4)22-45(38)26-9-6-23(7-10-26)41(46)47/h6-13,16-20H,5,14-15,21-22H2,1-4H3,(H3-,46,47,48,49,50,51,52,53,54,55,56)/p+1. The van der Waals surface area contributed by atoms with Gasteiger partial charge in [-0.25, -0.2) is 9.37 Å². The average Bonchev–Trinajstić information content (AvgIpc) is 3.60. The van der Waals surface area contributed by atoms with E-state index in [2.05, 4.69) is 18.7 Å². The Kier molecular flexibility index (Phi) is 8.69. The van der Waals surface area contributed by atoms with Crippen molar-refractivity contribution in [2.24, 2.45) is 0 Å². The van der Waals surface area contributed by atoms with Gasteiger partial charge in [0, 0.05) is 45.8 Å².